The minimum atomic E-state index is -1.32. The quantitative estimate of drug-likeness (QED) is 0.529. The van der Waals surface area contributed by atoms with Crippen molar-refractivity contribution >= 4 is 23.9 Å². The van der Waals surface area contributed by atoms with Gasteiger partial charge in [-0.3, -0.25) is 14.4 Å². The van der Waals surface area contributed by atoms with Crippen molar-refractivity contribution in [3.63, 3.8) is 0 Å². The minimum absolute atomic E-state index is 0.0951. The molecule has 0 bridgehead atoms. The second kappa shape index (κ2) is 9.21. The Balaban J connectivity index is 4.11. The molecule has 0 aromatic rings. The molecule has 1 atom stereocenters. The topological polar surface area (TPSA) is 113 Å². The second-order valence-corrected chi connectivity index (χ2v) is 3.95. The van der Waals surface area contributed by atoms with Crippen molar-refractivity contribution in [1.82, 2.24) is 0 Å². The lowest BCUT2D eigenvalue weighted by atomic mass is 10.2. The zero-order valence-corrected chi connectivity index (χ0v) is 11.1. The Morgan fingerprint density at radius 2 is 1.37 bits per heavy atom. The summed E-state index contributed by atoms with van der Waals surface area (Å²) in [5.74, 6) is -3.28. The van der Waals surface area contributed by atoms with Gasteiger partial charge in [-0.2, -0.15) is 0 Å². The van der Waals surface area contributed by atoms with Crippen molar-refractivity contribution < 1.29 is 28.7 Å². The van der Waals surface area contributed by atoms with E-state index >= 15 is 0 Å². The normalized spacial score (nSPS) is 11.5. The molecule has 0 heterocycles. The largest absolute Gasteiger partial charge is 0.393 e. The van der Waals surface area contributed by atoms with Crippen LogP contribution in [-0.4, -0.2) is 29.9 Å². The van der Waals surface area contributed by atoms with Crippen molar-refractivity contribution in [2.24, 2.45) is 5.73 Å². The van der Waals surface area contributed by atoms with Gasteiger partial charge in [0.15, 0.2) is 0 Å². The monoisotopic (exact) mass is 273 g/mol. The molecule has 0 fully saturated rings. The van der Waals surface area contributed by atoms with Crippen LogP contribution >= 0.6 is 0 Å². The van der Waals surface area contributed by atoms with Crippen LogP contribution in [0.25, 0.3) is 0 Å². The van der Waals surface area contributed by atoms with Gasteiger partial charge in [0.2, 0.25) is 0 Å². The molecule has 0 aliphatic carbocycles. The van der Waals surface area contributed by atoms with Crippen LogP contribution in [-0.2, 0) is 28.7 Å². The first-order valence-electron chi connectivity index (χ1n) is 6.14. The minimum Gasteiger partial charge on any atom is -0.393 e. The highest BCUT2D eigenvalue weighted by molar-refractivity contribution is 5.92. The van der Waals surface area contributed by atoms with Crippen molar-refractivity contribution in [2.45, 2.75) is 52.0 Å². The fourth-order valence-corrected chi connectivity index (χ4v) is 1.13. The highest BCUT2D eigenvalue weighted by Crippen LogP contribution is 2.00. The van der Waals surface area contributed by atoms with Gasteiger partial charge in [0.05, 0.1) is 6.42 Å². The summed E-state index contributed by atoms with van der Waals surface area (Å²) in [7, 11) is 0. The molecule has 0 saturated carbocycles. The van der Waals surface area contributed by atoms with Crippen molar-refractivity contribution in [3.05, 3.63) is 0 Å². The maximum absolute atomic E-state index is 11.3. The van der Waals surface area contributed by atoms with Crippen LogP contribution in [0.2, 0.25) is 0 Å². The number of esters is 4. The predicted molar refractivity (Wildman–Crippen MR) is 64.6 cm³/mol. The molecule has 7 heteroatoms. The SMILES string of the molecule is CCCC(=O)OC(=O)C[C@H](N)C(=O)OC(=O)CCC. The van der Waals surface area contributed by atoms with Gasteiger partial charge in [-0.05, 0) is 12.8 Å². The second-order valence-electron chi connectivity index (χ2n) is 3.95. The molecule has 0 saturated heterocycles. The molecule has 0 radical (unpaired) electrons. The Labute approximate surface area is 111 Å². The Bertz CT molecular complexity index is 352. The van der Waals surface area contributed by atoms with Gasteiger partial charge in [0.1, 0.15) is 6.04 Å². The predicted octanol–water partition coefficient (Wildman–Crippen LogP) is 0.444. The third kappa shape index (κ3) is 8.04. The molecule has 19 heavy (non-hydrogen) atoms. The molecule has 0 amide bonds. The first-order valence-corrected chi connectivity index (χ1v) is 6.14. The fraction of sp³-hybridized carbons (Fsp3) is 0.667. The summed E-state index contributed by atoms with van der Waals surface area (Å²) < 4.78 is 8.82. The smallest absolute Gasteiger partial charge is 0.331 e. The highest BCUT2D eigenvalue weighted by Gasteiger charge is 2.23. The molecule has 0 aliphatic heterocycles. The summed E-state index contributed by atoms with van der Waals surface area (Å²) in [5.41, 5.74) is 5.37. The third-order valence-corrected chi connectivity index (χ3v) is 2.04. The number of ether oxygens (including phenoxy) is 2. The maximum Gasteiger partial charge on any atom is 0.331 e. The lowest BCUT2D eigenvalue weighted by molar-refractivity contribution is -0.166. The van der Waals surface area contributed by atoms with Crippen molar-refractivity contribution in [1.29, 1.82) is 0 Å². The molecule has 108 valence electrons. The van der Waals surface area contributed by atoms with Crippen LogP contribution in [0.5, 0.6) is 0 Å². The van der Waals surface area contributed by atoms with E-state index in [1.807, 2.05) is 0 Å². The standard InChI is InChI=1S/C12H19NO6/c1-3-5-9(14)18-11(16)7-8(13)12(17)19-10(15)6-4-2/h8H,3-7,13H2,1-2H3/t8-/m0/s1. The van der Waals surface area contributed by atoms with Crippen LogP contribution in [0.1, 0.15) is 46.0 Å². The first-order chi connectivity index (χ1) is 8.90. The third-order valence-electron chi connectivity index (χ3n) is 2.04. The van der Waals surface area contributed by atoms with Gasteiger partial charge >= 0.3 is 23.9 Å². The summed E-state index contributed by atoms with van der Waals surface area (Å²) in [6.07, 6.45) is 0.784. The van der Waals surface area contributed by atoms with E-state index in [-0.39, 0.29) is 12.8 Å². The van der Waals surface area contributed by atoms with E-state index in [1.54, 1.807) is 13.8 Å². The molecule has 0 unspecified atom stereocenters. The van der Waals surface area contributed by atoms with Crippen LogP contribution in [0.4, 0.5) is 0 Å². The summed E-state index contributed by atoms with van der Waals surface area (Å²) in [4.78, 5) is 44.6. The van der Waals surface area contributed by atoms with Gasteiger partial charge in [-0.25, -0.2) is 4.79 Å². The number of hydrogen-bond acceptors (Lipinski definition) is 7. The van der Waals surface area contributed by atoms with Gasteiger partial charge in [0, 0.05) is 12.8 Å². The molecule has 2 N–H and O–H groups in total. The zero-order chi connectivity index (χ0) is 14.8. The molecule has 7 nitrogen and oxygen atoms in total. The van der Waals surface area contributed by atoms with E-state index in [0.29, 0.717) is 12.8 Å². The average Bonchev–Trinajstić information content (AvgIpc) is 2.28. The summed E-state index contributed by atoms with van der Waals surface area (Å²) >= 11 is 0. The molecule has 0 aromatic heterocycles. The van der Waals surface area contributed by atoms with E-state index < -0.39 is 36.3 Å². The van der Waals surface area contributed by atoms with E-state index in [4.69, 9.17) is 5.73 Å². The van der Waals surface area contributed by atoms with E-state index in [2.05, 4.69) is 9.47 Å². The van der Waals surface area contributed by atoms with Crippen LogP contribution in [0.3, 0.4) is 0 Å². The lowest BCUT2D eigenvalue weighted by Gasteiger charge is -2.09. The summed E-state index contributed by atoms with van der Waals surface area (Å²) in [5, 5.41) is 0. The Hall–Kier alpha value is -1.76. The molecular weight excluding hydrogens is 254 g/mol. The van der Waals surface area contributed by atoms with E-state index in [1.165, 1.54) is 0 Å². The van der Waals surface area contributed by atoms with Crippen LogP contribution in [0, 0.1) is 0 Å². The van der Waals surface area contributed by atoms with E-state index in [0.717, 1.165) is 0 Å². The van der Waals surface area contributed by atoms with E-state index in [9.17, 15) is 19.2 Å². The molecular formula is C12H19NO6. The fourth-order valence-electron chi connectivity index (χ4n) is 1.13. The molecule has 0 spiro atoms. The summed E-state index contributed by atoms with van der Waals surface area (Å²) in [6, 6.07) is -1.32. The lowest BCUT2D eigenvalue weighted by Crippen LogP contribution is -2.36. The maximum atomic E-state index is 11.3. The van der Waals surface area contributed by atoms with Gasteiger partial charge in [-0.1, -0.05) is 13.8 Å². The van der Waals surface area contributed by atoms with Gasteiger partial charge in [0.25, 0.3) is 0 Å². The number of carbonyl (C=O) groups is 4. The van der Waals surface area contributed by atoms with Gasteiger partial charge in [-0.15, -0.1) is 0 Å². The Morgan fingerprint density at radius 3 is 1.84 bits per heavy atom. The highest BCUT2D eigenvalue weighted by atomic mass is 16.6. The molecule has 0 aromatic carbocycles. The Morgan fingerprint density at radius 1 is 0.895 bits per heavy atom. The summed E-state index contributed by atoms with van der Waals surface area (Å²) in [6.45, 7) is 3.51. The number of carbonyl (C=O) groups excluding carboxylic acids is 4. The number of nitrogens with two attached hydrogens (primary N) is 1. The number of hydrogen-bond donors (Lipinski definition) is 1. The first kappa shape index (κ1) is 17.2. The van der Waals surface area contributed by atoms with Crippen molar-refractivity contribution in [2.75, 3.05) is 0 Å². The average molecular weight is 273 g/mol. The molecule has 0 aliphatic rings. The van der Waals surface area contributed by atoms with Crippen molar-refractivity contribution in [3.8, 4) is 0 Å². The van der Waals surface area contributed by atoms with Gasteiger partial charge < -0.3 is 15.2 Å². The van der Waals surface area contributed by atoms with Crippen LogP contribution < -0.4 is 5.73 Å². The number of rotatable bonds is 7. The zero-order valence-electron chi connectivity index (χ0n) is 11.1. The Kier molecular flexibility index (Phi) is 8.35. The van der Waals surface area contributed by atoms with Crippen LogP contribution in [0.15, 0.2) is 0 Å². The molecule has 0 rings (SSSR count).